The Labute approximate surface area is 160 Å². The molecular weight excluding hydrogens is 366 g/mol. The summed E-state index contributed by atoms with van der Waals surface area (Å²) >= 11 is 3.25. The van der Waals surface area contributed by atoms with Crippen molar-refractivity contribution < 1.29 is 4.79 Å². The van der Waals surface area contributed by atoms with E-state index in [1.54, 1.807) is 11.3 Å². The fourth-order valence-corrected chi connectivity index (χ4v) is 4.70. The van der Waals surface area contributed by atoms with Crippen LogP contribution < -0.4 is 10.2 Å². The van der Waals surface area contributed by atoms with Crippen molar-refractivity contribution >= 4 is 33.7 Å². The van der Waals surface area contributed by atoms with Crippen molar-refractivity contribution in [2.75, 3.05) is 24.5 Å². The Hall–Kier alpha value is -2.19. The second-order valence-corrected chi connectivity index (χ2v) is 8.23. The molecule has 1 amide bonds. The summed E-state index contributed by atoms with van der Waals surface area (Å²) in [6, 6.07) is 7.81. The van der Waals surface area contributed by atoms with Crippen LogP contribution in [0.2, 0.25) is 0 Å². The normalized spacial score (nSPS) is 14.5. The number of hydrogen-bond donors (Lipinski definition) is 1. The first-order chi connectivity index (χ1) is 12.8. The van der Waals surface area contributed by atoms with E-state index in [0.29, 0.717) is 12.2 Å². The summed E-state index contributed by atoms with van der Waals surface area (Å²) < 4.78 is 1.82. The van der Waals surface area contributed by atoms with Crippen molar-refractivity contribution in [2.24, 2.45) is 0 Å². The van der Waals surface area contributed by atoms with Crippen molar-refractivity contribution in [1.82, 2.24) is 20.1 Å². The summed E-state index contributed by atoms with van der Waals surface area (Å²) in [7, 11) is 0. The van der Waals surface area contributed by atoms with E-state index in [1.807, 2.05) is 29.0 Å². The third-order valence-electron chi connectivity index (χ3n) is 4.45. The van der Waals surface area contributed by atoms with Crippen molar-refractivity contribution in [3.8, 4) is 5.13 Å². The molecule has 26 heavy (non-hydrogen) atoms. The first-order valence-electron chi connectivity index (χ1n) is 8.88. The average Bonchev–Trinajstić information content (AvgIpc) is 3.42. The Kier molecular flexibility index (Phi) is 5.31. The van der Waals surface area contributed by atoms with Gasteiger partial charge in [-0.1, -0.05) is 17.4 Å². The highest BCUT2D eigenvalue weighted by Crippen LogP contribution is 2.26. The van der Waals surface area contributed by atoms with Gasteiger partial charge in [0, 0.05) is 30.7 Å². The average molecular weight is 388 g/mol. The van der Waals surface area contributed by atoms with E-state index in [-0.39, 0.29) is 5.91 Å². The Morgan fingerprint density at radius 3 is 2.77 bits per heavy atom. The Morgan fingerprint density at radius 1 is 1.12 bits per heavy atom. The molecule has 0 aliphatic carbocycles. The first kappa shape index (κ1) is 17.2. The fourth-order valence-electron chi connectivity index (χ4n) is 3.10. The molecule has 136 valence electrons. The van der Waals surface area contributed by atoms with Crippen LogP contribution in [0, 0.1) is 0 Å². The highest BCUT2D eigenvalue weighted by Gasteiger charge is 2.18. The lowest BCUT2D eigenvalue weighted by Crippen LogP contribution is -2.29. The lowest BCUT2D eigenvalue weighted by molar-refractivity contribution is 0.0947. The number of aromatic nitrogens is 3. The van der Waals surface area contributed by atoms with Gasteiger partial charge >= 0.3 is 0 Å². The van der Waals surface area contributed by atoms with Gasteiger partial charge in [-0.05, 0) is 49.3 Å². The van der Waals surface area contributed by atoms with Gasteiger partial charge in [0.2, 0.25) is 10.3 Å². The van der Waals surface area contributed by atoms with Crippen LogP contribution in [0.1, 0.15) is 34.6 Å². The molecule has 8 heteroatoms. The largest absolute Gasteiger partial charge is 0.350 e. The van der Waals surface area contributed by atoms with Crippen molar-refractivity contribution in [3.05, 3.63) is 46.4 Å². The Bertz CT molecular complexity index is 849. The number of amides is 1. The van der Waals surface area contributed by atoms with E-state index in [2.05, 4.69) is 31.9 Å². The molecule has 0 radical (unpaired) electrons. The summed E-state index contributed by atoms with van der Waals surface area (Å²) in [5, 5.41) is 15.4. The molecular formula is C18H21N5OS2. The quantitative estimate of drug-likeness (QED) is 0.704. The van der Waals surface area contributed by atoms with Gasteiger partial charge in [-0.15, -0.1) is 21.5 Å². The SMILES string of the molecule is O=C(NCCc1cccs1)c1cccn1-c1nnc(N2CCCCC2)s1. The summed E-state index contributed by atoms with van der Waals surface area (Å²) in [4.78, 5) is 16.1. The van der Waals surface area contributed by atoms with Gasteiger partial charge in [0.25, 0.3) is 5.91 Å². The monoisotopic (exact) mass is 387 g/mol. The van der Waals surface area contributed by atoms with Crippen LogP contribution >= 0.6 is 22.7 Å². The second kappa shape index (κ2) is 8.01. The minimum absolute atomic E-state index is 0.0821. The molecule has 0 saturated carbocycles. The third-order valence-corrected chi connectivity index (χ3v) is 6.37. The second-order valence-electron chi connectivity index (χ2n) is 6.26. The van der Waals surface area contributed by atoms with Crippen LogP contribution in [0.15, 0.2) is 35.8 Å². The number of carbonyl (C=O) groups excluding carboxylic acids is 1. The molecule has 0 spiro atoms. The molecule has 4 rings (SSSR count). The standard InChI is InChI=1S/C18H21N5OS2/c24-16(19-9-8-14-6-5-13-25-14)15-7-4-12-23(15)18-21-20-17(26-18)22-10-2-1-3-11-22/h4-7,12-13H,1-3,8-11H2,(H,19,24). The molecule has 0 atom stereocenters. The number of nitrogens with zero attached hydrogens (tertiary/aromatic N) is 4. The molecule has 0 aromatic carbocycles. The van der Waals surface area contributed by atoms with Crippen LogP contribution in [0.3, 0.4) is 0 Å². The maximum Gasteiger partial charge on any atom is 0.268 e. The van der Waals surface area contributed by atoms with Crippen molar-refractivity contribution in [3.63, 3.8) is 0 Å². The number of nitrogens with one attached hydrogen (secondary N) is 1. The highest BCUT2D eigenvalue weighted by molar-refractivity contribution is 7.17. The molecule has 1 fully saturated rings. The molecule has 1 N–H and O–H groups in total. The topological polar surface area (TPSA) is 63.1 Å². The van der Waals surface area contributed by atoms with Gasteiger partial charge in [-0.2, -0.15) is 0 Å². The third kappa shape index (κ3) is 3.81. The molecule has 4 heterocycles. The van der Waals surface area contributed by atoms with Crippen LogP contribution in [0.5, 0.6) is 0 Å². The van der Waals surface area contributed by atoms with Gasteiger partial charge in [0.05, 0.1) is 0 Å². The maximum absolute atomic E-state index is 12.6. The van der Waals surface area contributed by atoms with Gasteiger partial charge in [0.1, 0.15) is 5.69 Å². The summed E-state index contributed by atoms with van der Waals surface area (Å²) in [6.07, 6.45) is 6.42. The van der Waals surface area contributed by atoms with E-state index < -0.39 is 0 Å². The van der Waals surface area contributed by atoms with Crippen molar-refractivity contribution in [1.29, 1.82) is 0 Å². The van der Waals surface area contributed by atoms with Crippen LogP contribution in [-0.4, -0.2) is 40.3 Å². The molecule has 0 bridgehead atoms. The predicted octanol–water partition coefficient (Wildman–Crippen LogP) is 3.35. The fraction of sp³-hybridized carbons (Fsp3) is 0.389. The lowest BCUT2D eigenvalue weighted by Gasteiger charge is -2.25. The van der Waals surface area contributed by atoms with Crippen LogP contribution in [0.25, 0.3) is 5.13 Å². The number of hydrogen-bond acceptors (Lipinski definition) is 6. The van der Waals surface area contributed by atoms with E-state index >= 15 is 0 Å². The molecule has 6 nitrogen and oxygen atoms in total. The van der Waals surface area contributed by atoms with Gasteiger partial charge in [0.15, 0.2) is 0 Å². The summed E-state index contributed by atoms with van der Waals surface area (Å²) in [5.41, 5.74) is 0.595. The number of piperidine rings is 1. The zero-order valence-electron chi connectivity index (χ0n) is 14.4. The Balaban J connectivity index is 1.42. The minimum Gasteiger partial charge on any atom is -0.350 e. The minimum atomic E-state index is -0.0821. The molecule has 1 aliphatic heterocycles. The summed E-state index contributed by atoms with van der Waals surface area (Å²) in [5.74, 6) is -0.0821. The van der Waals surface area contributed by atoms with E-state index in [9.17, 15) is 4.79 Å². The predicted molar refractivity (Wildman–Crippen MR) is 106 cm³/mol. The molecule has 3 aromatic heterocycles. The number of rotatable bonds is 6. The smallest absolute Gasteiger partial charge is 0.268 e. The number of thiophene rings is 1. The maximum atomic E-state index is 12.6. The summed E-state index contributed by atoms with van der Waals surface area (Å²) in [6.45, 7) is 2.70. The van der Waals surface area contributed by atoms with E-state index in [4.69, 9.17) is 0 Å². The number of anilines is 1. The molecule has 0 unspecified atom stereocenters. The first-order valence-corrected chi connectivity index (χ1v) is 10.6. The van der Waals surface area contributed by atoms with Crippen LogP contribution in [0.4, 0.5) is 5.13 Å². The Morgan fingerprint density at radius 2 is 1.96 bits per heavy atom. The molecule has 1 aliphatic rings. The van der Waals surface area contributed by atoms with Crippen molar-refractivity contribution in [2.45, 2.75) is 25.7 Å². The molecule has 1 saturated heterocycles. The number of carbonyl (C=O) groups is 1. The molecule has 3 aromatic rings. The van der Waals surface area contributed by atoms with Gasteiger partial charge in [-0.25, -0.2) is 0 Å². The van der Waals surface area contributed by atoms with E-state index in [0.717, 1.165) is 29.8 Å². The zero-order chi connectivity index (χ0) is 17.8. The van der Waals surface area contributed by atoms with Gasteiger partial charge < -0.3 is 10.2 Å². The lowest BCUT2D eigenvalue weighted by atomic mass is 10.1. The highest BCUT2D eigenvalue weighted by atomic mass is 32.1. The zero-order valence-corrected chi connectivity index (χ0v) is 16.1. The van der Waals surface area contributed by atoms with E-state index in [1.165, 1.54) is 35.5 Å². The van der Waals surface area contributed by atoms with Crippen LogP contribution in [-0.2, 0) is 6.42 Å². The van der Waals surface area contributed by atoms with Gasteiger partial charge in [-0.3, -0.25) is 9.36 Å².